The number of carbonyl (C=O) groups excluding carboxylic acids is 1. The molecule has 1 amide bonds. The Morgan fingerprint density at radius 3 is 2.61 bits per heavy atom. The molecule has 28 heavy (non-hydrogen) atoms. The first-order chi connectivity index (χ1) is 13.4. The molecule has 5 nitrogen and oxygen atoms in total. The van der Waals surface area contributed by atoms with E-state index in [1.807, 2.05) is 31.2 Å². The lowest BCUT2D eigenvalue weighted by Gasteiger charge is -2.15. The molecule has 0 N–H and O–H groups in total. The highest BCUT2D eigenvalue weighted by Gasteiger charge is 2.15. The van der Waals surface area contributed by atoms with Gasteiger partial charge in [-0.2, -0.15) is 5.26 Å². The molecule has 0 atom stereocenters. The first kappa shape index (κ1) is 21.8. The Kier molecular flexibility index (Phi) is 7.91. The van der Waals surface area contributed by atoms with Gasteiger partial charge in [-0.25, -0.2) is 0 Å². The van der Waals surface area contributed by atoms with Crippen LogP contribution in [0.4, 0.5) is 0 Å². The lowest BCUT2D eigenvalue weighted by atomic mass is 10.1. The van der Waals surface area contributed by atoms with Gasteiger partial charge >= 0.3 is 0 Å². The SMILES string of the molecule is CCOc1cc(/C=C(/C#N)C(=O)N(C)C)cc(Br)c1OCc1ccccc1Cl. The van der Waals surface area contributed by atoms with Gasteiger partial charge in [0.05, 0.1) is 11.1 Å². The van der Waals surface area contributed by atoms with Gasteiger partial charge in [0, 0.05) is 24.7 Å². The van der Waals surface area contributed by atoms with Crippen LogP contribution in [0.5, 0.6) is 11.5 Å². The van der Waals surface area contributed by atoms with Crippen molar-refractivity contribution in [2.75, 3.05) is 20.7 Å². The van der Waals surface area contributed by atoms with E-state index in [1.165, 1.54) is 11.0 Å². The molecule has 0 spiro atoms. The predicted octanol–water partition coefficient (Wildman–Crippen LogP) is 5.08. The van der Waals surface area contributed by atoms with Crippen molar-refractivity contribution in [2.24, 2.45) is 0 Å². The van der Waals surface area contributed by atoms with E-state index in [0.29, 0.717) is 33.2 Å². The Morgan fingerprint density at radius 1 is 1.29 bits per heavy atom. The third kappa shape index (κ3) is 5.51. The van der Waals surface area contributed by atoms with Crippen LogP contribution in [0.15, 0.2) is 46.4 Å². The van der Waals surface area contributed by atoms with E-state index in [2.05, 4.69) is 15.9 Å². The molecular formula is C21H20BrClN2O3. The molecule has 0 aliphatic heterocycles. The summed E-state index contributed by atoms with van der Waals surface area (Å²) in [6.07, 6.45) is 1.52. The largest absolute Gasteiger partial charge is 0.490 e. The Bertz CT molecular complexity index is 936. The van der Waals surface area contributed by atoms with Crippen LogP contribution in [-0.2, 0) is 11.4 Å². The lowest BCUT2D eigenvalue weighted by Crippen LogP contribution is -2.22. The second-order valence-corrected chi connectivity index (χ2v) is 7.27. The van der Waals surface area contributed by atoms with E-state index in [0.717, 1.165) is 5.56 Å². The van der Waals surface area contributed by atoms with Crippen LogP contribution in [0.3, 0.4) is 0 Å². The molecule has 0 aromatic heterocycles. The summed E-state index contributed by atoms with van der Waals surface area (Å²) in [5, 5.41) is 9.92. The van der Waals surface area contributed by atoms with Crippen LogP contribution in [0, 0.1) is 11.3 Å². The van der Waals surface area contributed by atoms with Crippen LogP contribution >= 0.6 is 27.5 Å². The molecule has 0 aliphatic carbocycles. The lowest BCUT2D eigenvalue weighted by molar-refractivity contribution is -0.124. The summed E-state index contributed by atoms with van der Waals surface area (Å²) in [5.41, 5.74) is 1.53. The van der Waals surface area contributed by atoms with Crippen LogP contribution in [0.2, 0.25) is 5.02 Å². The second kappa shape index (κ2) is 10.2. The number of carbonyl (C=O) groups is 1. The quantitative estimate of drug-likeness (QED) is 0.424. The summed E-state index contributed by atoms with van der Waals surface area (Å²) in [7, 11) is 3.20. The van der Waals surface area contributed by atoms with E-state index in [1.54, 1.807) is 32.3 Å². The minimum absolute atomic E-state index is 0.0316. The molecule has 0 heterocycles. The van der Waals surface area contributed by atoms with Crippen molar-refractivity contribution < 1.29 is 14.3 Å². The van der Waals surface area contributed by atoms with Gasteiger partial charge in [-0.3, -0.25) is 4.79 Å². The van der Waals surface area contributed by atoms with Gasteiger partial charge in [0.15, 0.2) is 11.5 Å². The van der Waals surface area contributed by atoms with Gasteiger partial charge in [-0.1, -0.05) is 29.8 Å². The fraction of sp³-hybridized carbons (Fsp3) is 0.238. The zero-order valence-corrected chi connectivity index (χ0v) is 18.2. The Balaban J connectivity index is 2.37. The summed E-state index contributed by atoms with van der Waals surface area (Å²) in [6.45, 7) is 2.57. The predicted molar refractivity (Wildman–Crippen MR) is 113 cm³/mol. The molecule has 2 aromatic carbocycles. The number of likely N-dealkylation sites (N-methyl/N-ethyl adjacent to an activating group) is 1. The standard InChI is InChI=1S/C21H20BrClN2O3/c1-4-27-19-11-14(9-16(12-24)21(26)25(2)3)10-17(22)20(19)28-13-15-7-5-6-8-18(15)23/h5-11H,4,13H2,1-3H3/b16-9-. The average Bonchev–Trinajstić information content (AvgIpc) is 2.66. The minimum atomic E-state index is -0.365. The average molecular weight is 464 g/mol. The fourth-order valence-electron chi connectivity index (χ4n) is 2.39. The number of benzene rings is 2. The van der Waals surface area contributed by atoms with Gasteiger partial charge in [0.25, 0.3) is 5.91 Å². The van der Waals surface area contributed by atoms with Crippen LogP contribution in [-0.4, -0.2) is 31.5 Å². The fourth-order valence-corrected chi connectivity index (χ4v) is 3.15. The zero-order chi connectivity index (χ0) is 20.7. The highest BCUT2D eigenvalue weighted by atomic mass is 79.9. The van der Waals surface area contributed by atoms with Gasteiger partial charge in [0.1, 0.15) is 18.2 Å². The Labute approximate surface area is 178 Å². The van der Waals surface area contributed by atoms with Crippen molar-refractivity contribution in [3.63, 3.8) is 0 Å². The maximum Gasteiger partial charge on any atom is 0.264 e. The number of rotatable bonds is 7. The molecule has 0 radical (unpaired) electrons. The monoisotopic (exact) mass is 462 g/mol. The number of halogens is 2. The number of hydrogen-bond donors (Lipinski definition) is 0. The topological polar surface area (TPSA) is 62.6 Å². The molecule has 2 rings (SSSR count). The smallest absolute Gasteiger partial charge is 0.264 e. The summed E-state index contributed by atoms with van der Waals surface area (Å²) in [6, 6.07) is 12.9. The molecule has 0 bridgehead atoms. The Morgan fingerprint density at radius 2 is 2.00 bits per heavy atom. The van der Waals surface area contributed by atoms with Crippen molar-refractivity contribution in [3.8, 4) is 17.6 Å². The zero-order valence-electron chi connectivity index (χ0n) is 15.8. The van der Waals surface area contributed by atoms with Crippen molar-refractivity contribution in [3.05, 3.63) is 62.6 Å². The maximum atomic E-state index is 12.1. The molecule has 0 unspecified atom stereocenters. The molecule has 0 fully saturated rings. The normalized spacial score (nSPS) is 10.9. The van der Waals surface area contributed by atoms with E-state index < -0.39 is 0 Å². The number of nitrogens with zero attached hydrogens (tertiary/aromatic N) is 2. The van der Waals surface area contributed by atoms with Gasteiger partial charge in [0.2, 0.25) is 0 Å². The highest BCUT2D eigenvalue weighted by molar-refractivity contribution is 9.10. The molecule has 0 aliphatic rings. The number of nitriles is 1. The molecular weight excluding hydrogens is 444 g/mol. The molecule has 0 saturated heterocycles. The first-order valence-electron chi connectivity index (χ1n) is 8.53. The number of amides is 1. The highest BCUT2D eigenvalue weighted by Crippen LogP contribution is 2.38. The van der Waals surface area contributed by atoms with E-state index in [-0.39, 0.29) is 18.1 Å². The van der Waals surface area contributed by atoms with Gasteiger partial charge in [-0.15, -0.1) is 0 Å². The van der Waals surface area contributed by atoms with Crippen molar-refractivity contribution in [1.82, 2.24) is 4.90 Å². The summed E-state index contributed by atoms with van der Waals surface area (Å²) in [4.78, 5) is 13.4. The third-order valence-corrected chi connectivity index (χ3v) is 4.69. The second-order valence-electron chi connectivity index (χ2n) is 6.01. The molecule has 7 heteroatoms. The van der Waals surface area contributed by atoms with Gasteiger partial charge in [-0.05, 0) is 52.7 Å². The van der Waals surface area contributed by atoms with Crippen LogP contribution in [0.1, 0.15) is 18.1 Å². The van der Waals surface area contributed by atoms with Gasteiger partial charge < -0.3 is 14.4 Å². The molecule has 0 saturated carbocycles. The molecule has 146 valence electrons. The Hall–Kier alpha value is -2.49. The number of ether oxygens (including phenoxy) is 2. The van der Waals surface area contributed by atoms with Crippen molar-refractivity contribution in [2.45, 2.75) is 13.5 Å². The van der Waals surface area contributed by atoms with Crippen molar-refractivity contribution >= 4 is 39.5 Å². The maximum absolute atomic E-state index is 12.1. The third-order valence-electron chi connectivity index (χ3n) is 3.73. The minimum Gasteiger partial charge on any atom is -0.490 e. The van der Waals surface area contributed by atoms with E-state index >= 15 is 0 Å². The summed E-state index contributed by atoms with van der Waals surface area (Å²) in [5.74, 6) is 0.664. The van der Waals surface area contributed by atoms with Crippen molar-refractivity contribution in [1.29, 1.82) is 5.26 Å². The summed E-state index contributed by atoms with van der Waals surface area (Å²) >= 11 is 9.68. The summed E-state index contributed by atoms with van der Waals surface area (Å²) < 4.78 is 12.3. The molecule has 2 aromatic rings. The van der Waals surface area contributed by atoms with E-state index in [9.17, 15) is 10.1 Å². The van der Waals surface area contributed by atoms with E-state index in [4.69, 9.17) is 21.1 Å². The first-order valence-corrected chi connectivity index (χ1v) is 9.70. The van der Waals surface area contributed by atoms with Crippen LogP contribution < -0.4 is 9.47 Å². The number of hydrogen-bond acceptors (Lipinski definition) is 4. The van der Waals surface area contributed by atoms with Crippen LogP contribution in [0.25, 0.3) is 6.08 Å².